The smallest absolute Gasteiger partial charge is 0.184 e. The molecule has 2 aromatic carbocycles. The van der Waals surface area contributed by atoms with Crippen LogP contribution in [-0.4, -0.2) is 54.2 Å². The molecule has 7 heteroatoms. The molecule has 0 N–H and O–H groups in total. The van der Waals surface area contributed by atoms with Gasteiger partial charge in [0.05, 0.1) is 24.9 Å². The van der Waals surface area contributed by atoms with Crippen molar-refractivity contribution in [2.24, 2.45) is 0 Å². The highest BCUT2D eigenvalue weighted by Gasteiger charge is 2.51. The molecule has 0 radical (unpaired) electrons. The van der Waals surface area contributed by atoms with Crippen LogP contribution in [0.15, 0.2) is 54.6 Å². The number of thioether (sulfide) groups is 2. The molecule has 0 saturated carbocycles. The maximum atomic E-state index is 6.61. The molecule has 0 bridgehead atoms. The number of rotatable bonds is 7. The Hall–Kier alpha value is -1.22. The third-order valence-electron chi connectivity index (χ3n) is 5.73. The van der Waals surface area contributed by atoms with E-state index in [-0.39, 0.29) is 24.4 Å². The zero-order chi connectivity index (χ0) is 21.0. The molecule has 0 aromatic heterocycles. The van der Waals surface area contributed by atoms with Crippen molar-refractivity contribution in [1.82, 2.24) is 0 Å². The molecule has 3 fully saturated rings. The fraction of sp³-hybridized carbons (Fsp3) is 0.500. The number of ether oxygens (including phenoxy) is 5. The van der Waals surface area contributed by atoms with E-state index >= 15 is 0 Å². The first-order valence-electron chi connectivity index (χ1n) is 10.8. The quantitative estimate of drug-likeness (QED) is 0.557. The van der Waals surface area contributed by atoms with Gasteiger partial charge in [0.15, 0.2) is 6.29 Å². The second kappa shape index (κ2) is 10.1. The van der Waals surface area contributed by atoms with Gasteiger partial charge in [-0.2, -0.15) is 0 Å². The average molecular weight is 461 g/mol. The molecule has 5 rings (SSSR count). The molecule has 0 unspecified atom stereocenters. The van der Waals surface area contributed by atoms with Gasteiger partial charge in [0.1, 0.15) is 30.2 Å². The third-order valence-corrected chi connectivity index (χ3v) is 8.79. The number of methoxy groups -OCH3 is 1. The van der Waals surface area contributed by atoms with E-state index in [1.807, 2.05) is 66.0 Å². The van der Waals surface area contributed by atoms with Crippen LogP contribution < -0.4 is 4.74 Å². The van der Waals surface area contributed by atoms with Crippen LogP contribution in [0.2, 0.25) is 0 Å². The summed E-state index contributed by atoms with van der Waals surface area (Å²) in [6.07, 6.45) is 0.454. The number of hydrogen-bond acceptors (Lipinski definition) is 7. The van der Waals surface area contributed by atoms with Gasteiger partial charge < -0.3 is 23.7 Å². The van der Waals surface area contributed by atoms with Gasteiger partial charge in [0.25, 0.3) is 0 Å². The Morgan fingerprint density at radius 3 is 2.32 bits per heavy atom. The lowest BCUT2D eigenvalue weighted by Gasteiger charge is -2.44. The second-order valence-electron chi connectivity index (χ2n) is 7.90. The van der Waals surface area contributed by atoms with Gasteiger partial charge in [-0.3, -0.25) is 0 Å². The Morgan fingerprint density at radius 1 is 0.935 bits per heavy atom. The average Bonchev–Trinajstić information content (AvgIpc) is 3.69. The molecule has 0 amide bonds. The van der Waals surface area contributed by atoms with Gasteiger partial charge in [-0.15, -0.1) is 23.5 Å². The fourth-order valence-electron chi connectivity index (χ4n) is 3.99. The largest absolute Gasteiger partial charge is 0.497 e. The molecule has 3 aliphatic heterocycles. The Kier molecular flexibility index (Phi) is 7.08. The zero-order valence-electron chi connectivity index (χ0n) is 17.6. The van der Waals surface area contributed by atoms with Crippen molar-refractivity contribution in [2.45, 2.75) is 48.3 Å². The minimum absolute atomic E-state index is 0.0616. The topological polar surface area (TPSA) is 49.5 Å². The van der Waals surface area contributed by atoms with Crippen LogP contribution >= 0.6 is 23.5 Å². The predicted octanol–water partition coefficient (Wildman–Crippen LogP) is 4.66. The molecule has 0 aliphatic carbocycles. The van der Waals surface area contributed by atoms with Gasteiger partial charge in [-0.25, -0.2) is 0 Å². The van der Waals surface area contributed by atoms with E-state index in [2.05, 4.69) is 12.1 Å². The summed E-state index contributed by atoms with van der Waals surface area (Å²) in [6, 6.07) is 18.2. The number of hydrogen-bond donors (Lipinski definition) is 0. The monoisotopic (exact) mass is 460 g/mol. The summed E-state index contributed by atoms with van der Waals surface area (Å²) < 4.78 is 30.9. The summed E-state index contributed by atoms with van der Waals surface area (Å²) in [5, 5.41) is 0. The Labute approximate surface area is 192 Å². The highest BCUT2D eigenvalue weighted by Crippen LogP contribution is 2.44. The minimum atomic E-state index is -0.440. The maximum absolute atomic E-state index is 6.61. The molecule has 3 heterocycles. The fourth-order valence-corrected chi connectivity index (χ4v) is 7.04. The van der Waals surface area contributed by atoms with Crippen molar-refractivity contribution < 1.29 is 23.7 Å². The van der Waals surface area contributed by atoms with E-state index < -0.39 is 6.29 Å². The van der Waals surface area contributed by atoms with Crippen LogP contribution in [0.1, 0.15) is 23.8 Å². The standard InChI is InChI=1S/C24H28O5S2/c1-25-18-10-8-17(9-11-18)23-28-20(19-15-26-19)21(27-14-16-6-3-2-4-7-16)22(29-23)24-30-12-5-13-31-24/h2-4,6-11,19-24H,5,12-15H2,1H3/t19-,20-,21+,22-,23-/m1/s1. The summed E-state index contributed by atoms with van der Waals surface area (Å²) in [7, 11) is 1.67. The minimum Gasteiger partial charge on any atom is -0.497 e. The maximum Gasteiger partial charge on any atom is 0.184 e. The van der Waals surface area contributed by atoms with Crippen LogP contribution in [0, 0.1) is 0 Å². The second-order valence-corrected chi connectivity index (χ2v) is 10.7. The van der Waals surface area contributed by atoms with Gasteiger partial charge in [0.2, 0.25) is 0 Å². The first-order chi connectivity index (χ1) is 15.3. The van der Waals surface area contributed by atoms with Gasteiger partial charge in [-0.05, 0) is 35.6 Å². The molecule has 0 spiro atoms. The normalized spacial score (nSPS) is 31.3. The van der Waals surface area contributed by atoms with Crippen LogP contribution in [0.4, 0.5) is 0 Å². The predicted molar refractivity (Wildman–Crippen MR) is 124 cm³/mol. The lowest BCUT2D eigenvalue weighted by molar-refractivity contribution is -0.298. The summed E-state index contributed by atoms with van der Waals surface area (Å²) in [5.74, 6) is 3.13. The van der Waals surface area contributed by atoms with E-state index in [0.717, 1.165) is 28.4 Å². The van der Waals surface area contributed by atoms with Crippen molar-refractivity contribution >= 4 is 23.5 Å². The molecule has 3 saturated heterocycles. The van der Waals surface area contributed by atoms with E-state index in [1.54, 1.807) is 7.11 Å². The molecular weight excluding hydrogens is 432 g/mol. The summed E-state index contributed by atoms with van der Waals surface area (Å²) in [6.45, 7) is 1.25. The van der Waals surface area contributed by atoms with Crippen molar-refractivity contribution in [3.05, 3.63) is 65.7 Å². The van der Waals surface area contributed by atoms with Gasteiger partial charge in [0, 0.05) is 5.56 Å². The molecule has 5 nitrogen and oxygen atoms in total. The molecule has 5 atom stereocenters. The number of benzene rings is 2. The summed E-state index contributed by atoms with van der Waals surface area (Å²) in [4.78, 5) is 0. The Bertz CT molecular complexity index is 824. The molecular formula is C24H28O5S2. The zero-order valence-corrected chi connectivity index (χ0v) is 19.2. The van der Waals surface area contributed by atoms with Crippen LogP contribution in [0.25, 0.3) is 0 Å². The summed E-state index contributed by atoms with van der Waals surface area (Å²) >= 11 is 3.95. The van der Waals surface area contributed by atoms with Crippen molar-refractivity contribution in [2.75, 3.05) is 25.2 Å². The Balaban J connectivity index is 1.39. The first-order valence-corrected chi connectivity index (χ1v) is 12.9. The molecule has 166 valence electrons. The third kappa shape index (κ3) is 5.24. The van der Waals surface area contributed by atoms with E-state index in [1.165, 1.54) is 6.42 Å². The highest BCUT2D eigenvalue weighted by molar-refractivity contribution is 8.17. The lowest BCUT2D eigenvalue weighted by Crippen LogP contribution is -2.54. The SMILES string of the molecule is COc1ccc([C@@H]2O[C@H]([C@H]3CO3)[C@H](OCc3ccccc3)[C@H](C3SCCCS3)O2)cc1. The van der Waals surface area contributed by atoms with Crippen LogP contribution in [-0.2, 0) is 25.6 Å². The van der Waals surface area contributed by atoms with Crippen molar-refractivity contribution in [3.63, 3.8) is 0 Å². The summed E-state index contributed by atoms with van der Waals surface area (Å²) in [5.41, 5.74) is 2.14. The Morgan fingerprint density at radius 2 is 1.65 bits per heavy atom. The number of epoxide rings is 1. The molecule has 31 heavy (non-hydrogen) atoms. The van der Waals surface area contributed by atoms with Gasteiger partial charge in [-0.1, -0.05) is 42.5 Å². The van der Waals surface area contributed by atoms with Crippen LogP contribution in [0.5, 0.6) is 5.75 Å². The van der Waals surface area contributed by atoms with Crippen molar-refractivity contribution in [3.8, 4) is 5.75 Å². The van der Waals surface area contributed by atoms with E-state index in [4.69, 9.17) is 23.7 Å². The van der Waals surface area contributed by atoms with Crippen molar-refractivity contribution in [1.29, 1.82) is 0 Å². The molecule has 3 aliphatic rings. The van der Waals surface area contributed by atoms with Crippen LogP contribution in [0.3, 0.4) is 0 Å². The highest BCUT2D eigenvalue weighted by atomic mass is 32.2. The lowest BCUT2D eigenvalue weighted by atomic mass is 10.0. The van der Waals surface area contributed by atoms with Gasteiger partial charge >= 0.3 is 0 Å². The molecule has 2 aromatic rings. The van der Waals surface area contributed by atoms with E-state index in [9.17, 15) is 0 Å². The van der Waals surface area contributed by atoms with E-state index in [0.29, 0.717) is 17.8 Å². The first kappa shape index (κ1) is 21.6.